The van der Waals surface area contributed by atoms with E-state index in [2.05, 4.69) is 4.72 Å². The Morgan fingerprint density at radius 1 is 1.20 bits per heavy atom. The number of halogens is 1. The molecule has 0 spiro atoms. The molecule has 3 rings (SSSR count). The summed E-state index contributed by atoms with van der Waals surface area (Å²) >= 11 is 0. The number of carbonyl (C=O) groups excluding carboxylic acids is 1. The van der Waals surface area contributed by atoms with Gasteiger partial charge in [0, 0.05) is 23.8 Å². The normalized spacial score (nSPS) is 14.3. The molecule has 0 unspecified atom stereocenters. The zero-order chi connectivity index (χ0) is 18.0. The molecule has 0 radical (unpaired) electrons. The zero-order valence-corrected chi connectivity index (χ0v) is 14.6. The van der Waals surface area contributed by atoms with E-state index < -0.39 is 10.0 Å². The second-order valence-corrected chi connectivity index (χ2v) is 7.66. The number of rotatable bonds is 6. The third-order valence-corrected chi connectivity index (χ3v) is 5.51. The van der Waals surface area contributed by atoms with Crippen LogP contribution in [0.5, 0.6) is 0 Å². The number of amides is 1. The van der Waals surface area contributed by atoms with Crippen LogP contribution in [0.1, 0.15) is 30.1 Å². The molecule has 1 fully saturated rings. The van der Waals surface area contributed by atoms with E-state index in [0.717, 1.165) is 12.8 Å². The van der Waals surface area contributed by atoms with Gasteiger partial charge in [-0.3, -0.25) is 4.79 Å². The van der Waals surface area contributed by atoms with E-state index in [-0.39, 0.29) is 28.2 Å². The van der Waals surface area contributed by atoms with E-state index in [1.54, 1.807) is 19.1 Å². The van der Waals surface area contributed by atoms with Crippen LogP contribution in [-0.4, -0.2) is 26.9 Å². The summed E-state index contributed by atoms with van der Waals surface area (Å²) in [6.45, 7) is 2.18. The van der Waals surface area contributed by atoms with E-state index in [9.17, 15) is 17.6 Å². The monoisotopic (exact) mass is 362 g/mol. The van der Waals surface area contributed by atoms with Crippen LogP contribution >= 0.6 is 0 Å². The van der Waals surface area contributed by atoms with Gasteiger partial charge in [0.1, 0.15) is 5.82 Å². The van der Waals surface area contributed by atoms with E-state index in [0.29, 0.717) is 12.2 Å². The third kappa shape index (κ3) is 4.05. The van der Waals surface area contributed by atoms with Crippen LogP contribution in [0.4, 0.5) is 10.1 Å². The first kappa shape index (κ1) is 17.6. The highest BCUT2D eigenvalue weighted by molar-refractivity contribution is 7.89. The summed E-state index contributed by atoms with van der Waals surface area (Å²) in [5.74, 6) is -0.718. The lowest BCUT2D eigenvalue weighted by Crippen LogP contribution is -2.31. The van der Waals surface area contributed by atoms with Crippen molar-refractivity contribution in [3.8, 4) is 0 Å². The number of hydrogen-bond donors (Lipinski definition) is 1. The molecule has 7 heteroatoms. The lowest BCUT2D eigenvalue weighted by Gasteiger charge is -2.21. The number of benzene rings is 2. The second kappa shape index (κ2) is 6.93. The van der Waals surface area contributed by atoms with Gasteiger partial charge in [-0.15, -0.1) is 0 Å². The maximum atomic E-state index is 13.1. The lowest BCUT2D eigenvalue weighted by molar-refractivity contribution is 0.0988. The maximum Gasteiger partial charge on any atom is 0.258 e. The summed E-state index contributed by atoms with van der Waals surface area (Å²) in [4.78, 5) is 14.3. The molecule has 1 amide bonds. The van der Waals surface area contributed by atoms with Crippen LogP contribution in [0.3, 0.4) is 0 Å². The lowest BCUT2D eigenvalue weighted by atomic mass is 10.2. The number of carbonyl (C=O) groups is 1. The van der Waals surface area contributed by atoms with Gasteiger partial charge < -0.3 is 4.90 Å². The molecule has 1 aliphatic carbocycles. The fraction of sp³-hybridized carbons (Fsp3) is 0.278. The third-order valence-electron chi connectivity index (χ3n) is 3.99. The van der Waals surface area contributed by atoms with Gasteiger partial charge in [-0.2, -0.15) is 0 Å². The Hall–Kier alpha value is -2.25. The number of anilines is 1. The van der Waals surface area contributed by atoms with Crippen LogP contribution in [-0.2, 0) is 10.0 Å². The summed E-state index contributed by atoms with van der Waals surface area (Å²) < 4.78 is 40.3. The molecule has 2 aromatic rings. The van der Waals surface area contributed by atoms with Crippen molar-refractivity contribution in [2.45, 2.75) is 30.7 Å². The smallest absolute Gasteiger partial charge is 0.258 e. The molecule has 0 aromatic heterocycles. The summed E-state index contributed by atoms with van der Waals surface area (Å²) in [6, 6.07) is 11.6. The van der Waals surface area contributed by atoms with Gasteiger partial charge in [0.15, 0.2) is 0 Å². The molecule has 1 N–H and O–H groups in total. The fourth-order valence-electron chi connectivity index (χ4n) is 2.51. The summed E-state index contributed by atoms with van der Waals surface area (Å²) in [5, 5.41) is 0. The minimum absolute atomic E-state index is 0.00397. The minimum atomic E-state index is -3.63. The SMILES string of the molecule is CCN(C(=O)c1cccc(S(=O)(=O)NC2CC2)c1)c1ccc(F)cc1. The number of sulfonamides is 1. The summed E-state index contributed by atoms with van der Waals surface area (Å²) in [7, 11) is -3.63. The molecular formula is C18H19FN2O3S. The molecule has 0 saturated heterocycles. The van der Waals surface area contributed by atoms with Crippen LogP contribution in [0.15, 0.2) is 53.4 Å². The molecule has 25 heavy (non-hydrogen) atoms. The van der Waals surface area contributed by atoms with Gasteiger partial charge in [0.05, 0.1) is 4.90 Å². The Labute approximate surface area is 146 Å². The first-order chi connectivity index (χ1) is 11.9. The number of nitrogens with one attached hydrogen (secondary N) is 1. The maximum absolute atomic E-state index is 13.1. The Morgan fingerprint density at radius 2 is 1.88 bits per heavy atom. The predicted molar refractivity (Wildman–Crippen MR) is 93.5 cm³/mol. The highest BCUT2D eigenvalue weighted by Gasteiger charge is 2.28. The van der Waals surface area contributed by atoms with Crippen molar-refractivity contribution in [2.24, 2.45) is 0 Å². The van der Waals surface area contributed by atoms with E-state index >= 15 is 0 Å². The van der Waals surface area contributed by atoms with Crippen molar-refractivity contribution in [3.63, 3.8) is 0 Å². The first-order valence-electron chi connectivity index (χ1n) is 8.10. The zero-order valence-electron chi connectivity index (χ0n) is 13.8. The Balaban J connectivity index is 1.88. The topological polar surface area (TPSA) is 66.5 Å². The highest BCUT2D eigenvalue weighted by atomic mass is 32.2. The molecule has 1 aliphatic rings. The Bertz CT molecular complexity index is 877. The van der Waals surface area contributed by atoms with Gasteiger partial charge >= 0.3 is 0 Å². The molecule has 0 heterocycles. The molecule has 1 saturated carbocycles. The van der Waals surface area contributed by atoms with E-state index in [1.807, 2.05) is 0 Å². The Morgan fingerprint density at radius 3 is 2.48 bits per heavy atom. The van der Waals surface area contributed by atoms with Crippen molar-refractivity contribution in [3.05, 3.63) is 59.9 Å². The van der Waals surface area contributed by atoms with E-state index in [1.165, 1.54) is 41.3 Å². The second-order valence-electron chi connectivity index (χ2n) is 5.95. The van der Waals surface area contributed by atoms with Crippen molar-refractivity contribution < 1.29 is 17.6 Å². The van der Waals surface area contributed by atoms with Crippen molar-refractivity contribution in [1.82, 2.24) is 4.72 Å². The summed E-state index contributed by atoms with van der Waals surface area (Å²) in [6.07, 6.45) is 1.68. The molecule has 0 atom stereocenters. The molecule has 2 aromatic carbocycles. The summed E-state index contributed by atoms with van der Waals surface area (Å²) in [5.41, 5.74) is 0.822. The van der Waals surface area contributed by atoms with Gasteiger partial charge in [-0.1, -0.05) is 6.07 Å². The highest BCUT2D eigenvalue weighted by Crippen LogP contribution is 2.23. The van der Waals surface area contributed by atoms with Gasteiger partial charge in [-0.25, -0.2) is 17.5 Å². The number of nitrogens with zero attached hydrogens (tertiary/aromatic N) is 1. The first-order valence-corrected chi connectivity index (χ1v) is 9.59. The molecule has 0 bridgehead atoms. The van der Waals surface area contributed by atoms with Gasteiger partial charge in [-0.05, 0) is 62.2 Å². The minimum Gasteiger partial charge on any atom is -0.309 e. The predicted octanol–water partition coefficient (Wildman–Crippen LogP) is 2.93. The average molecular weight is 362 g/mol. The molecule has 0 aliphatic heterocycles. The standard InChI is InChI=1S/C18H19FN2O3S/c1-2-21(16-10-6-14(19)7-11-16)18(22)13-4-3-5-17(12-13)25(23,24)20-15-8-9-15/h3-7,10-12,15,20H,2,8-9H2,1H3. The van der Waals surface area contributed by atoms with Crippen molar-refractivity contribution >= 4 is 21.6 Å². The number of hydrogen-bond acceptors (Lipinski definition) is 3. The van der Waals surface area contributed by atoms with E-state index in [4.69, 9.17) is 0 Å². The van der Waals surface area contributed by atoms with Crippen LogP contribution < -0.4 is 9.62 Å². The fourth-order valence-corrected chi connectivity index (χ4v) is 3.86. The molecule has 132 valence electrons. The van der Waals surface area contributed by atoms with Gasteiger partial charge in [0.2, 0.25) is 10.0 Å². The molecular weight excluding hydrogens is 343 g/mol. The van der Waals surface area contributed by atoms with Gasteiger partial charge in [0.25, 0.3) is 5.91 Å². The average Bonchev–Trinajstić information content (AvgIpc) is 3.40. The molecule has 5 nitrogen and oxygen atoms in total. The van der Waals surface area contributed by atoms with Crippen LogP contribution in [0, 0.1) is 5.82 Å². The van der Waals surface area contributed by atoms with Crippen LogP contribution in [0.2, 0.25) is 0 Å². The Kier molecular flexibility index (Phi) is 4.87. The van der Waals surface area contributed by atoms with Crippen molar-refractivity contribution in [2.75, 3.05) is 11.4 Å². The largest absolute Gasteiger partial charge is 0.309 e. The quantitative estimate of drug-likeness (QED) is 0.859. The van der Waals surface area contributed by atoms with Crippen LogP contribution in [0.25, 0.3) is 0 Å². The van der Waals surface area contributed by atoms with Crippen molar-refractivity contribution in [1.29, 1.82) is 0 Å².